The molecule has 0 radical (unpaired) electrons. The van der Waals surface area contributed by atoms with Crippen LogP contribution in [0.5, 0.6) is 0 Å². The zero-order valence-electron chi connectivity index (χ0n) is 2.92. The van der Waals surface area contributed by atoms with Crippen molar-refractivity contribution in [2.75, 3.05) is 0 Å². The van der Waals surface area contributed by atoms with Gasteiger partial charge in [0.1, 0.15) is 0 Å². The Bertz CT molecular complexity index is 85.4. The highest BCUT2D eigenvalue weighted by atomic mass is 35.6. The molecule has 1 nitrogen and oxygen atoms in total. The first kappa shape index (κ1) is 7.47. The molecule has 0 aliphatic rings. The molecule has 0 aromatic rings. The summed E-state index contributed by atoms with van der Waals surface area (Å²) >= 11 is 14.0. The fourth-order valence-corrected chi connectivity index (χ4v) is 0. The molecule has 0 aliphatic carbocycles. The molecular weight excluding hydrogens is 165 g/mol. The molecule has 0 amide bonds. The van der Waals surface area contributed by atoms with Gasteiger partial charge in [0.2, 0.25) is 0 Å². The van der Waals surface area contributed by atoms with Crippen LogP contribution in [0.1, 0.15) is 0 Å². The summed E-state index contributed by atoms with van der Waals surface area (Å²) in [6.45, 7) is 0. The Labute approximate surface area is 54.3 Å². The van der Waals surface area contributed by atoms with Crippen LogP contribution in [0.25, 0.3) is 0 Å². The van der Waals surface area contributed by atoms with E-state index in [1.807, 2.05) is 0 Å². The smallest absolute Gasteiger partial charge is 0.256 e. The van der Waals surface area contributed by atoms with Gasteiger partial charge in [-0.15, -0.1) is 0 Å². The summed E-state index contributed by atoms with van der Waals surface area (Å²) < 4.78 is 8.78. The molecule has 0 N–H and O–H groups in total. The number of rotatable bonds is 0. The van der Waals surface area contributed by atoms with E-state index in [4.69, 9.17) is 0 Å². The van der Waals surface area contributed by atoms with E-state index in [0.29, 0.717) is 0 Å². The zero-order valence-corrected chi connectivity index (χ0v) is 5.19. The standard InChI is InChI=1S/C2Cl3FO/c3-2(4,5)1(6)7. The lowest BCUT2D eigenvalue weighted by Crippen LogP contribution is -2.11. The fourth-order valence-electron chi connectivity index (χ4n) is 0. The molecule has 0 saturated carbocycles. The van der Waals surface area contributed by atoms with E-state index in [1.165, 1.54) is 0 Å². The van der Waals surface area contributed by atoms with Crippen LogP contribution >= 0.6 is 34.8 Å². The minimum Gasteiger partial charge on any atom is -0.256 e. The maximum atomic E-state index is 11.2. The highest BCUT2D eigenvalue weighted by Gasteiger charge is 2.30. The second kappa shape index (κ2) is 2.16. The molecule has 0 unspecified atom stereocenters. The van der Waals surface area contributed by atoms with E-state index < -0.39 is 9.83 Å². The van der Waals surface area contributed by atoms with Crippen molar-refractivity contribution < 1.29 is 9.18 Å². The second-order valence-electron chi connectivity index (χ2n) is 0.771. The van der Waals surface area contributed by atoms with E-state index in [2.05, 4.69) is 34.8 Å². The normalized spacial score (nSPS) is 11.4. The first-order valence-corrected chi connectivity index (χ1v) is 2.34. The molecule has 0 rings (SSSR count). The van der Waals surface area contributed by atoms with Gasteiger partial charge < -0.3 is 0 Å². The molecule has 7 heavy (non-hydrogen) atoms. The summed E-state index contributed by atoms with van der Waals surface area (Å²) in [6, 6.07) is -1.96. The second-order valence-corrected chi connectivity index (χ2v) is 3.05. The van der Waals surface area contributed by atoms with Crippen molar-refractivity contribution in [3.05, 3.63) is 0 Å². The Morgan fingerprint density at radius 1 is 1.43 bits per heavy atom. The molecule has 0 atom stereocenters. The van der Waals surface area contributed by atoms with Crippen LogP contribution in [0, 0.1) is 0 Å². The lowest BCUT2D eigenvalue weighted by Gasteiger charge is -1.97. The number of alkyl halides is 3. The van der Waals surface area contributed by atoms with Gasteiger partial charge in [0.25, 0.3) is 3.79 Å². The van der Waals surface area contributed by atoms with Crippen molar-refractivity contribution >= 4 is 40.8 Å². The highest BCUT2D eigenvalue weighted by Crippen LogP contribution is 2.26. The minimum absolute atomic E-state index is 1.96. The summed E-state index contributed by atoms with van der Waals surface area (Å²) in [7, 11) is 0. The largest absolute Gasteiger partial charge is 0.352 e. The quantitative estimate of drug-likeness (QED) is 0.395. The van der Waals surface area contributed by atoms with Crippen LogP contribution in [0.3, 0.4) is 0 Å². The molecule has 0 aliphatic heterocycles. The van der Waals surface area contributed by atoms with Crippen LogP contribution in [-0.2, 0) is 4.79 Å². The van der Waals surface area contributed by atoms with Crippen LogP contribution in [-0.4, -0.2) is 9.83 Å². The van der Waals surface area contributed by atoms with Gasteiger partial charge >= 0.3 is 6.04 Å². The lowest BCUT2D eigenvalue weighted by atomic mass is 10.8. The van der Waals surface area contributed by atoms with Crippen molar-refractivity contribution in [2.24, 2.45) is 0 Å². The molecule has 0 aromatic heterocycles. The summed E-state index contributed by atoms with van der Waals surface area (Å²) in [5.74, 6) is 0. The Kier molecular flexibility index (Phi) is 2.30. The summed E-state index contributed by atoms with van der Waals surface area (Å²) in [6.07, 6.45) is 0. The van der Waals surface area contributed by atoms with E-state index in [1.54, 1.807) is 0 Å². The maximum absolute atomic E-state index is 11.2. The maximum Gasteiger partial charge on any atom is 0.352 e. The first-order chi connectivity index (χ1) is 2.94. The van der Waals surface area contributed by atoms with Crippen LogP contribution < -0.4 is 0 Å². The Hall–Kier alpha value is 0.470. The van der Waals surface area contributed by atoms with Crippen molar-refractivity contribution in [3.63, 3.8) is 0 Å². The highest BCUT2D eigenvalue weighted by molar-refractivity contribution is 6.75. The molecule has 0 saturated heterocycles. The molecular formula is C2Cl3FO. The predicted molar refractivity (Wildman–Crippen MR) is 26.4 cm³/mol. The number of hydrogen-bond donors (Lipinski definition) is 0. The van der Waals surface area contributed by atoms with E-state index in [9.17, 15) is 9.18 Å². The molecule has 0 aromatic carbocycles. The van der Waals surface area contributed by atoms with Crippen molar-refractivity contribution in [1.82, 2.24) is 0 Å². The van der Waals surface area contributed by atoms with Crippen molar-refractivity contribution in [2.45, 2.75) is 3.79 Å². The van der Waals surface area contributed by atoms with Gasteiger partial charge in [0, 0.05) is 0 Å². The number of carbonyl (C=O) groups is 1. The van der Waals surface area contributed by atoms with Crippen LogP contribution in [0.2, 0.25) is 0 Å². The average molecular weight is 165 g/mol. The Morgan fingerprint density at radius 2 is 1.57 bits per heavy atom. The topological polar surface area (TPSA) is 17.1 Å². The number of carbonyl (C=O) groups excluding carboxylic acids is 1. The van der Waals surface area contributed by atoms with E-state index in [-0.39, 0.29) is 0 Å². The van der Waals surface area contributed by atoms with Crippen molar-refractivity contribution in [3.8, 4) is 0 Å². The Balaban J connectivity index is 3.79. The number of halogens is 4. The third-order valence-corrected chi connectivity index (χ3v) is 0.669. The van der Waals surface area contributed by atoms with Gasteiger partial charge in [0.15, 0.2) is 0 Å². The molecule has 0 bridgehead atoms. The summed E-state index contributed by atoms with van der Waals surface area (Å²) in [5.41, 5.74) is 0. The van der Waals surface area contributed by atoms with Gasteiger partial charge in [-0.1, -0.05) is 34.8 Å². The van der Waals surface area contributed by atoms with Gasteiger partial charge in [0.05, 0.1) is 0 Å². The van der Waals surface area contributed by atoms with Gasteiger partial charge in [-0.25, -0.2) is 0 Å². The third kappa shape index (κ3) is 3.09. The fraction of sp³-hybridized carbons (Fsp3) is 0.500. The molecule has 42 valence electrons. The minimum atomic E-state index is -2.39. The Morgan fingerprint density at radius 3 is 1.57 bits per heavy atom. The summed E-state index contributed by atoms with van der Waals surface area (Å²) in [4.78, 5) is 9.40. The van der Waals surface area contributed by atoms with Gasteiger partial charge in [-0.3, -0.25) is 4.79 Å². The molecule has 0 spiro atoms. The summed E-state index contributed by atoms with van der Waals surface area (Å²) in [5, 5.41) is 0. The van der Waals surface area contributed by atoms with E-state index in [0.717, 1.165) is 0 Å². The zero-order chi connectivity index (χ0) is 6.08. The third-order valence-electron chi connectivity index (χ3n) is 0.223. The average Bonchev–Trinajstić information content (AvgIpc) is 1.31. The predicted octanol–water partition coefficient (Wildman–Crippen LogP) is 1.85. The van der Waals surface area contributed by atoms with Gasteiger partial charge in [-0.2, -0.15) is 4.39 Å². The molecule has 0 fully saturated rings. The van der Waals surface area contributed by atoms with E-state index >= 15 is 0 Å². The monoisotopic (exact) mass is 164 g/mol. The molecule has 5 heteroatoms. The lowest BCUT2D eigenvalue weighted by molar-refractivity contribution is -0.128. The molecule has 0 heterocycles. The number of hydrogen-bond acceptors (Lipinski definition) is 1. The van der Waals surface area contributed by atoms with Crippen LogP contribution in [0.15, 0.2) is 0 Å². The SMILES string of the molecule is O=C(F)C(Cl)(Cl)Cl. The van der Waals surface area contributed by atoms with Crippen LogP contribution in [0.4, 0.5) is 4.39 Å². The van der Waals surface area contributed by atoms with Crippen molar-refractivity contribution in [1.29, 1.82) is 0 Å². The van der Waals surface area contributed by atoms with Gasteiger partial charge in [-0.05, 0) is 0 Å². The first-order valence-electron chi connectivity index (χ1n) is 1.21.